The predicted octanol–water partition coefficient (Wildman–Crippen LogP) is 2.28. The first-order valence-electron chi connectivity index (χ1n) is 6.36. The number of ketones is 1. The molecular formula is C15H21NO3. The number of para-hydroxylation sites is 1. The van der Waals surface area contributed by atoms with Crippen molar-refractivity contribution < 1.29 is 14.3 Å². The monoisotopic (exact) mass is 263 g/mol. The summed E-state index contributed by atoms with van der Waals surface area (Å²) in [7, 11) is 1.83. The Balaban J connectivity index is 2.71. The highest BCUT2D eigenvalue weighted by atomic mass is 16.5. The third-order valence-corrected chi connectivity index (χ3v) is 3.06. The minimum atomic E-state index is -1.11. The van der Waals surface area contributed by atoms with E-state index in [0.717, 1.165) is 5.69 Å². The maximum absolute atomic E-state index is 12.2. The van der Waals surface area contributed by atoms with Crippen LogP contribution < -0.4 is 4.90 Å². The van der Waals surface area contributed by atoms with Crippen LogP contribution in [0.5, 0.6) is 0 Å². The van der Waals surface area contributed by atoms with Gasteiger partial charge in [0.15, 0.2) is 5.78 Å². The standard InChI is InChI=1S/C15H21NO3/c1-5-19-14(18)15(2,3)13(17)11-16(4)12-9-7-6-8-10-12/h6-10H,5,11H2,1-4H3. The van der Waals surface area contributed by atoms with Crippen LogP contribution in [0.15, 0.2) is 30.3 Å². The van der Waals surface area contributed by atoms with Gasteiger partial charge in [-0.05, 0) is 32.9 Å². The van der Waals surface area contributed by atoms with Crippen molar-refractivity contribution >= 4 is 17.4 Å². The molecule has 0 saturated heterocycles. The average Bonchev–Trinajstić information content (AvgIpc) is 2.39. The molecule has 0 atom stereocenters. The zero-order valence-corrected chi connectivity index (χ0v) is 12.0. The second-order valence-electron chi connectivity index (χ2n) is 4.96. The van der Waals surface area contributed by atoms with Crippen LogP contribution in [0.4, 0.5) is 5.69 Å². The van der Waals surface area contributed by atoms with E-state index < -0.39 is 11.4 Å². The number of ether oxygens (including phenoxy) is 1. The molecule has 0 aromatic heterocycles. The molecule has 0 bridgehead atoms. The van der Waals surface area contributed by atoms with E-state index in [1.807, 2.05) is 42.3 Å². The largest absolute Gasteiger partial charge is 0.465 e. The number of Topliss-reactive ketones (excluding diaryl/α,β-unsaturated/α-hetero) is 1. The molecule has 1 rings (SSSR count). The number of nitrogens with zero attached hydrogens (tertiary/aromatic N) is 1. The van der Waals surface area contributed by atoms with Crippen molar-refractivity contribution in [3.8, 4) is 0 Å². The lowest BCUT2D eigenvalue weighted by molar-refractivity contribution is -0.157. The Hall–Kier alpha value is -1.84. The molecule has 1 aromatic carbocycles. The van der Waals surface area contributed by atoms with Crippen LogP contribution in [0.2, 0.25) is 0 Å². The van der Waals surface area contributed by atoms with Gasteiger partial charge < -0.3 is 9.64 Å². The summed E-state index contributed by atoms with van der Waals surface area (Å²) < 4.78 is 4.94. The van der Waals surface area contributed by atoms with Gasteiger partial charge in [-0.3, -0.25) is 9.59 Å². The van der Waals surface area contributed by atoms with Crippen LogP contribution in [-0.2, 0) is 14.3 Å². The Labute approximate surface area is 114 Å². The number of benzene rings is 1. The zero-order chi connectivity index (χ0) is 14.5. The Kier molecular flexibility index (Phi) is 5.10. The molecule has 0 unspecified atom stereocenters. The van der Waals surface area contributed by atoms with Gasteiger partial charge in [0.2, 0.25) is 0 Å². The third-order valence-electron chi connectivity index (χ3n) is 3.06. The van der Waals surface area contributed by atoms with Gasteiger partial charge in [0.25, 0.3) is 0 Å². The molecule has 0 aliphatic rings. The second kappa shape index (κ2) is 6.36. The highest BCUT2D eigenvalue weighted by Crippen LogP contribution is 2.21. The van der Waals surface area contributed by atoms with Crippen LogP contribution in [0, 0.1) is 5.41 Å². The number of hydrogen-bond acceptors (Lipinski definition) is 4. The van der Waals surface area contributed by atoms with E-state index >= 15 is 0 Å². The van der Waals surface area contributed by atoms with Gasteiger partial charge in [-0.25, -0.2) is 0 Å². The van der Waals surface area contributed by atoms with Crippen LogP contribution in [-0.4, -0.2) is 32.0 Å². The highest BCUT2D eigenvalue weighted by molar-refractivity contribution is 6.04. The first-order chi connectivity index (χ1) is 8.89. The third kappa shape index (κ3) is 3.81. The van der Waals surface area contributed by atoms with E-state index in [-0.39, 0.29) is 18.9 Å². The van der Waals surface area contributed by atoms with Crippen molar-refractivity contribution in [2.24, 2.45) is 5.41 Å². The van der Waals surface area contributed by atoms with Crippen molar-refractivity contribution in [1.29, 1.82) is 0 Å². The topological polar surface area (TPSA) is 46.6 Å². The first-order valence-corrected chi connectivity index (χ1v) is 6.36. The normalized spacial score (nSPS) is 10.9. The molecule has 4 heteroatoms. The van der Waals surface area contributed by atoms with Gasteiger partial charge in [0.1, 0.15) is 5.41 Å². The van der Waals surface area contributed by atoms with Crippen molar-refractivity contribution in [3.05, 3.63) is 30.3 Å². The maximum atomic E-state index is 12.2. The van der Waals surface area contributed by atoms with E-state index in [1.165, 1.54) is 0 Å². The Morgan fingerprint density at radius 1 is 1.21 bits per heavy atom. The molecule has 0 spiro atoms. The van der Waals surface area contributed by atoms with Crippen LogP contribution >= 0.6 is 0 Å². The summed E-state index contributed by atoms with van der Waals surface area (Å²) in [5.41, 5.74) is -0.172. The van der Waals surface area contributed by atoms with Crippen molar-refractivity contribution in [1.82, 2.24) is 0 Å². The predicted molar refractivity (Wildman–Crippen MR) is 75.1 cm³/mol. The number of anilines is 1. The molecule has 1 aromatic rings. The molecule has 0 radical (unpaired) electrons. The Morgan fingerprint density at radius 2 is 1.79 bits per heavy atom. The number of carbonyl (C=O) groups is 2. The lowest BCUT2D eigenvalue weighted by Gasteiger charge is -2.25. The van der Waals surface area contributed by atoms with Gasteiger partial charge in [-0.15, -0.1) is 0 Å². The molecule has 0 fully saturated rings. The summed E-state index contributed by atoms with van der Waals surface area (Å²) in [6.07, 6.45) is 0. The summed E-state index contributed by atoms with van der Waals surface area (Å²) in [6.45, 7) is 5.40. The van der Waals surface area contributed by atoms with Crippen LogP contribution in [0.3, 0.4) is 0 Å². The minimum absolute atomic E-state index is 0.155. The van der Waals surface area contributed by atoms with Gasteiger partial charge in [0.05, 0.1) is 13.2 Å². The zero-order valence-electron chi connectivity index (χ0n) is 12.0. The number of carbonyl (C=O) groups excluding carboxylic acids is 2. The maximum Gasteiger partial charge on any atom is 0.319 e. The Bertz CT molecular complexity index is 440. The number of hydrogen-bond donors (Lipinski definition) is 0. The summed E-state index contributed by atoms with van der Waals surface area (Å²) >= 11 is 0. The molecule has 19 heavy (non-hydrogen) atoms. The number of likely N-dealkylation sites (N-methyl/N-ethyl adjacent to an activating group) is 1. The molecular weight excluding hydrogens is 242 g/mol. The molecule has 0 N–H and O–H groups in total. The van der Waals surface area contributed by atoms with E-state index in [1.54, 1.807) is 20.8 Å². The SMILES string of the molecule is CCOC(=O)C(C)(C)C(=O)CN(C)c1ccccc1. The first kappa shape index (κ1) is 15.2. The fourth-order valence-corrected chi connectivity index (χ4v) is 1.61. The fourth-order valence-electron chi connectivity index (χ4n) is 1.61. The fraction of sp³-hybridized carbons (Fsp3) is 0.467. The highest BCUT2D eigenvalue weighted by Gasteiger charge is 2.37. The lowest BCUT2D eigenvalue weighted by Crippen LogP contribution is -2.41. The van der Waals surface area contributed by atoms with E-state index in [9.17, 15) is 9.59 Å². The van der Waals surface area contributed by atoms with Crippen molar-refractivity contribution in [3.63, 3.8) is 0 Å². The van der Waals surface area contributed by atoms with Crippen LogP contribution in [0.1, 0.15) is 20.8 Å². The minimum Gasteiger partial charge on any atom is -0.465 e. The molecule has 104 valence electrons. The molecule has 0 aliphatic heterocycles. The Morgan fingerprint density at radius 3 is 2.32 bits per heavy atom. The lowest BCUT2D eigenvalue weighted by atomic mass is 9.88. The van der Waals surface area contributed by atoms with Gasteiger partial charge >= 0.3 is 5.97 Å². The van der Waals surface area contributed by atoms with Crippen molar-refractivity contribution in [2.45, 2.75) is 20.8 Å². The number of rotatable bonds is 6. The number of esters is 1. The molecule has 0 heterocycles. The molecule has 0 amide bonds. The summed E-state index contributed by atoms with van der Waals surface area (Å²) in [5.74, 6) is -0.626. The van der Waals surface area contributed by atoms with Gasteiger partial charge in [-0.2, -0.15) is 0 Å². The summed E-state index contributed by atoms with van der Waals surface area (Å²) in [4.78, 5) is 25.8. The summed E-state index contributed by atoms with van der Waals surface area (Å²) in [6, 6.07) is 9.58. The molecule has 0 aliphatic carbocycles. The van der Waals surface area contributed by atoms with Gasteiger partial charge in [0, 0.05) is 12.7 Å². The smallest absolute Gasteiger partial charge is 0.319 e. The van der Waals surface area contributed by atoms with E-state index in [4.69, 9.17) is 4.74 Å². The second-order valence-corrected chi connectivity index (χ2v) is 4.96. The van der Waals surface area contributed by atoms with E-state index in [0.29, 0.717) is 0 Å². The summed E-state index contributed by atoms with van der Waals surface area (Å²) in [5, 5.41) is 0. The average molecular weight is 263 g/mol. The van der Waals surface area contributed by atoms with E-state index in [2.05, 4.69) is 0 Å². The van der Waals surface area contributed by atoms with Gasteiger partial charge in [-0.1, -0.05) is 18.2 Å². The molecule has 4 nitrogen and oxygen atoms in total. The molecule has 0 saturated carbocycles. The van der Waals surface area contributed by atoms with Crippen molar-refractivity contribution in [2.75, 3.05) is 25.1 Å². The van der Waals surface area contributed by atoms with Crippen LogP contribution in [0.25, 0.3) is 0 Å². The quantitative estimate of drug-likeness (QED) is 0.583.